The molecule has 0 atom stereocenters. The second-order valence-electron chi connectivity index (χ2n) is 12.0. The average molecular weight is 614 g/mol. The maximum atomic E-state index is 10.1. The molecule has 0 unspecified atom stereocenters. The highest BCUT2D eigenvalue weighted by molar-refractivity contribution is 6.15. The van der Waals surface area contributed by atoms with Crippen LogP contribution in [-0.2, 0) is 7.05 Å². The molecule has 0 bridgehead atoms. The molecule has 9 aromatic rings. The van der Waals surface area contributed by atoms with Crippen LogP contribution in [0, 0.1) is 22.7 Å². The lowest BCUT2D eigenvalue weighted by atomic mass is 10.1. The predicted molar refractivity (Wildman–Crippen MR) is 194 cm³/mol. The van der Waals surface area contributed by atoms with Crippen LogP contribution < -0.4 is 0 Å². The number of nitriles is 2. The number of fused-ring (bicyclic) bond motifs is 6. The number of aromatic nitrogens is 3. The number of rotatable bonds is 4. The van der Waals surface area contributed by atoms with Gasteiger partial charge in [0, 0.05) is 39.7 Å². The summed E-state index contributed by atoms with van der Waals surface area (Å²) < 4.78 is 6.74. The van der Waals surface area contributed by atoms with Crippen LogP contribution >= 0.6 is 0 Å². The standard InChI is InChI=1S/C43H27N5/c1-46-38(34-18-10-16-32-30-14-4-8-22-40(30)47(42(32)34)36-20-6-2-12-28(36)26-44)24-25-39(46)35-19-11-17-33-31-15-5-9-23-41(31)48(43(33)35)37-21-7-3-13-29(37)27-45/h2-25H,1H3. The van der Waals surface area contributed by atoms with E-state index in [1.165, 1.54) is 0 Å². The first-order valence-electron chi connectivity index (χ1n) is 15.9. The molecular formula is C43H27N5. The molecule has 0 N–H and O–H groups in total. The highest BCUT2D eigenvalue weighted by atomic mass is 15.0. The van der Waals surface area contributed by atoms with Gasteiger partial charge in [-0.3, -0.25) is 0 Å². The van der Waals surface area contributed by atoms with Crippen molar-refractivity contribution in [1.82, 2.24) is 13.7 Å². The second-order valence-corrected chi connectivity index (χ2v) is 12.0. The Morgan fingerprint density at radius 3 is 1.27 bits per heavy atom. The van der Waals surface area contributed by atoms with E-state index in [0.29, 0.717) is 11.1 Å². The summed E-state index contributed by atoms with van der Waals surface area (Å²) in [6, 6.07) is 54.6. The summed E-state index contributed by atoms with van der Waals surface area (Å²) in [7, 11) is 2.12. The zero-order valence-electron chi connectivity index (χ0n) is 26.1. The molecule has 3 heterocycles. The minimum absolute atomic E-state index is 0.625. The van der Waals surface area contributed by atoms with E-state index < -0.39 is 0 Å². The fourth-order valence-corrected chi connectivity index (χ4v) is 7.53. The fourth-order valence-electron chi connectivity index (χ4n) is 7.53. The molecule has 3 aromatic heterocycles. The van der Waals surface area contributed by atoms with Crippen LogP contribution in [0.2, 0.25) is 0 Å². The summed E-state index contributed by atoms with van der Waals surface area (Å²) >= 11 is 0. The zero-order chi connectivity index (χ0) is 32.4. The number of benzene rings is 6. The Balaban J connectivity index is 1.34. The quantitative estimate of drug-likeness (QED) is 0.198. The fraction of sp³-hybridized carbons (Fsp3) is 0.0233. The van der Waals surface area contributed by atoms with Crippen molar-refractivity contribution in [2.45, 2.75) is 0 Å². The molecular weight excluding hydrogens is 587 g/mol. The van der Waals surface area contributed by atoms with Gasteiger partial charge >= 0.3 is 0 Å². The Labute approximate surface area is 277 Å². The van der Waals surface area contributed by atoms with Crippen LogP contribution in [0.25, 0.3) is 77.5 Å². The van der Waals surface area contributed by atoms with Crippen molar-refractivity contribution in [3.63, 3.8) is 0 Å². The Morgan fingerprint density at radius 2 is 0.812 bits per heavy atom. The molecule has 0 aliphatic heterocycles. The Hall–Kier alpha value is -6.82. The van der Waals surface area contributed by atoms with Crippen molar-refractivity contribution in [2.24, 2.45) is 7.05 Å². The number of nitrogens with zero attached hydrogens (tertiary/aromatic N) is 5. The van der Waals surface area contributed by atoms with Gasteiger partial charge in [-0.25, -0.2) is 0 Å². The van der Waals surface area contributed by atoms with Crippen LogP contribution in [0.3, 0.4) is 0 Å². The first-order chi connectivity index (χ1) is 23.7. The lowest BCUT2D eigenvalue weighted by Gasteiger charge is -2.15. The van der Waals surface area contributed by atoms with E-state index in [1.54, 1.807) is 0 Å². The topological polar surface area (TPSA) is 62.4 Å². The highest BCUT2D eigenvalue weighted by Gasteiger charge is 2.22. The Bertz CT molecular complexity index is 2640. The number of hydrogen-bond acceptors (Lipinski definition) is 2. The predicted octanol–water partition coefficient (Wildman–Crippen LogP) is 10.3. The van der Waals surface area contributed by atoms with Gasteiger partial charge in [-0.2, -0.15) is 10.5 Å². The normalized spacial score (nSPS) is 11.4. The summed E-state index contributed by atoms with van der Waals surface area (Å²) in [5.74, 6) is 0. The largest absolute Gasteiger partial charge is 0.344 e. The molecule has 0 radical (unpaired) electrons. The summed E-state index contributed by atoms with van der Waals surface area (Å²) in [5.41, 5.74) is 11.5. The second kappa shape index (κ2) is 10.6. The smallest absolute Gasteiger partial charge is 0.101 e. The van der Waals surface area contributed by atoms with Crippen molar-refractivity contribution in [3.8, 4) is 46.0 Å². The molecule has 0 fully saturated rings. The van der Waals surface area contributed by atoms with Gasteiger partial charge in [0.2, 0.25) is 0 Å². The van der Waals surface area contributed by atoms with Gasteiger partial charge in [-0.15, -0.1) is 0 Å². The van der Waals surface area contributed by atoms with E-state index in [0.717, 1.165) is 77.5 Å². The van der Waals surface area contributed by atoms with Crippen molar-refractivity contribution in [3.05, 3.63) is 157 Å². The first-order valence-corrected chi connectivity index (χ1v) is 15.9. The van der Waals surface area contributed by atoms with Crippen LogP contribution in [0.4, 0.5) is 0 Å². The van der Waals surface area contributed by atoms with Crippen molar-refractivity contribution in [1.29, 1.82) is 10.5 Å². The molecule has 0 aliphatic carbocycles. The third-order valence-electron chi connectivity index (χ3n) is 9.59. The van der Waals surface area contributed by atoms with Gasteiger partial charge in [0.05, 0.1) is 56.0 Å². The minimum Gasteiger partial charge on any atom is -0.344 e. The van der Waals surface area contributed by atoms with Gasteiger partial charge in [0.25, 0.3) is 0 Å². The molecule has 0 spiro atoms. The zero-order valence-corrected chi connectivity index (χ0v) is 26.1. The molecule has 48 heavy (non-hydrogen) atoms. The molecule has 0 aliphatic rings. The highest BCUT2D eigenvalue weighted by Crippen LogP contribution is 2.42. The maximum Gasteiger partial charge on any atom is 0.101 e. The summed E-state index contributed by atoms with van der Waals surface area (Å²) in [6.07, 6.45) is 0. The van der Waals surface area contributed by atoms with Gasteiger partial charge < -0.3 is 13.7 Å². The molecule has 9 rings (SSSR count). The van der Waals surface area contributed by atoms with Gasteiger partial charge in [-0.1, -0.05) is 97.1 Å². The molecule has 224 valence electrons. The summed E-state index contributed by atoms with van der Waals surface area (Å²) in [4.78, 5) is 0. The summed E-state index contributed by atoms with van der Waals surface area (Å²) in [6.45, 7) is 0. The molecule has 5 heteroatoms. The van der Waals surface area contributed by atoms with Crippen molar-refractivity contribution >= 4 is 43.6 Å². The van der Waals surface area contributed by atoms with E-state index in [4.69, 9.17) is 0 Å². The average Bonchev–Trinajstić information content (AvgIpc) is 3.81. The third kappa shape index (κ3) is 3.83. The van der Waals surface area contributed by atoms with Crippen LogP contribution in [0.15, 0.2) is 146 Å². The monoisotopic (exact) mass is 613 g/mol. The van der Waals surface area contributed by atoms with E-state index >= 15 is 0 Å². The van der Waals surface area contributed by atoms with Crippen LogP contribution in [0.1, 0.15) is 11.1 Å². The Morgan fingerprint density at radius 1 is 0.417 bits per heavy atom. The van der Waals surface area contributed by atoms with Crippen molar-refractivity contribution in [2.75, 3.05) is 0 Å². The minimum atomic E-state index is 0.625. The van der Waals surface area contributed by atoms with E-state index in [9.17, 15) is 10.5 Å². The SMILES string of the molecule is Cn1c(-c2cccc3c4ccccc4n(-c4ccccc4C#N)c23)ccc1-c1cccc2c3ccccc3n(-c3ccccc3C#N)c12. The van der Waals surface area contributed by atoms with Gasteiger partial charge in [0.15, 0.2) is 0 Å². The van der Waals surface area contributed by atoms with E-state index in [2.05, 4.69) is 130 Å². The summed E-state index contributed by atoms with van der Waals surface area (Å²) in [5, 5.41) is 24.8. The van der Waals surface area contributed by atoms with Gasteiger partial charge in [-0.05, 0) is 48.5 Å². The molecule has 0 saturated heterocycles. The van der Waals surface area contributed by atoms with Crippen LogP contribution in [-0.4, -0.2) is 13.7 Å². The molecule has 0 amide bonds. The molecule has 5 nitrogen and oxygen atoms in total. The number of hydrogen-bond donors (Lipinski definition) is 0. The van der Waals surface area contributed by atoms with Crippen molar-refractivity contribution < 1.29 is 0 Å². The van der Waals surface area contributed by atoms with Gasteiger partial charge in [0.1, 0.15) is 12.1 Å². The maximum absolute atomic E-state index is 10.1. The lowest BCUT2D eigenvalue weighted by molar-refractivity contribution is 0.946. The third-order valence-corrected chi connectivity index (χ3v) is 9.59. The molecule has 0 saturated carbocycles. The van der Waals surface area contributed by atoms with E-state index in [1.807, 2.05) is 48.5 Å². The van der Waals surface area contributed by atoms with E-state index in [-0.39, 0.29) is 0 Å². The lowest BCUT2D eigenvalue weighted by Crippen LogP contribution is -2.02. The number of para-hydroxylation sites is 6. The Kier molecular flexibility index (Phi) is 6.09. The van der Waals surface area contributed by atoms with Crippen LogP contribution in [0.5, 0.6) is 0 Å². The first kappa shape index (κ1) is 27.5. The molecule has 6 aromatic carbocycles.